The largest absolute Gasteiger partial charge is 0.354 e. The van der Waals surface area contributed by atoms with Gasteiger partial charge in [-0.25, -0.2) is 4.98 Å². The van der Waals surface area contributed by atoms with E-state index in [1.807, 2.05) is 31.3 Å². The van der Waals surface area contributed by atoms with Crippen LogP contribution in [0.1, 0.15) is 6.92 Å². The molecule has 0 fully saturated rings. The third kappa shape index (κ3) is 2.27. The zero-order valence-corrected chi connectivity index (χ0v) is 9.04. The van der Waals surface area contributed by atoms with Gasteiger partial charge in [0.25, 0.3) is 0 Å². The highest BCUT2D eigenvalue weighted by Crippen LogP contribution is 2.12. The number of aromatic nitrogens is 2. The molecule has 4 nitrogen and oxygen atoms in total. The summed E-state index contributed by atoms with van der Waals surface area (Å²) in [5.41, 5.74) is 2.06. The SMILES string of the molecule is CNC(C)CNc1nc2ccccc2[nH]1. The van der Waals surface area contributed by atoms with Crippen LogP contribution in [0.25, 0.3) is 11.0 Å². The summed E-state index contributed by atoms with van der Waals surface area (Å²) in [6.07, 6.45) is 0. The first kappa shape index (κ1) is 9.98. The minimum atomic E-state index is 0.429. The van der Waals surface area contributed by atoms with Gasteiger partial charge in [-0.3, -0.25) is 0 Å². The van der Waals surface area contributed by atoms with Crippen LogP contribution in [0.15, 0.2) is 24.3 Å². The lowest BCUT2D eigenvalue weighted by Crippen LogP contribution is -2.29. The standard InChI is InChI=1S/C11H16N4/c1-8(12-2)7-13-11-14-9-5-3-4-6-10(9)15-11/h3-6,8,12H,7H2,1-2H3,(H2,13,14,15). The van der Waals surface area contributed by atoms with Crippen LogP contribution < -0.4 is 10.6 Å². The van der Waals surface area contributed by atoms with E-state index >= 15 is 0 Å². The molecule has 3 N–H and O–H groups in total. The molecule has 0 amide bonds. The van der Waals surface area contributed by atoms with Gasteiger partial charge >= 0.3 is 0 Å². The van der Waals surface area contributed by atoms with Crippen molar-refractivity contribution in [2.75, 3.05) is 18.9 Å². The Morgan fingerprint density at radius 3 is 2.93 bits per heavy atom. The molecule has 4 heteroatoms. The summed E-state index contributed by atoms with van der Waals surface area (Å²) in [5.74, 6) is 0.832. The second kappa shape index (κ2) is 4.31. The van der Waals surface area contributed by atoms with E-state index < -0.39 is 0 Å². The lowest BCUT2D eigenvalue weighted by atomic mass is 10.3. The highest BCUT2D eigenvalue weighted by molar-refractivity contribution is 5.77. The van der Waals surface area contributed by atoms with E-state index in [1.54, 1.807) is 0 Å². The minimum Gasteiger partial charge on any atom is -0.354 e. The minimum absolute atomic E-state index is 0.429. The topological polar surface area (TPSA) is 52.7 Å². The maximum atomic E-state index is 4.42. The van der Waals surface area contributed by atoms with E-state index in [1.165, 1.54) is 0 Å². The summed E-state index contributed by atoms with van der Waals surface area (Å²) < 4.78 is 0. The quantitative estimate of drug-likeness (QED) is 0.708. The molecule has 1 aromatic carbocycles. The predicted octanol–water partition coefficient (Wildman–Crippen LogP) is 1.58. The van der Waals surface area contributed by atoms with Gasteiger partial charge in [-0.05, 0) is 26.1 Å². The molecule has 80 valence electrons. The van der Waals surface area contributed by atoms with Crippen LogP contribution in [-0.4, -0.2) is 29.6 Å². The first-order valence-electron chi connectivity index (χ1n) is 5.15. The molecule has 1 heterocycles. The lowest BCUT2D eigenvalue weighted by Gasteiger charge is -2.09. The third-order valence-electron chi connectivity index (χ3n) is 2.46. The molecule has 0 aliphatic rings. The lowest BCUT2D eigenvalue weighted by molar-refractivity contribution is 0.636. The zero-order chi connectivity index (χ0) is 10.7. The molecular formula is C11H16N4. The maximum Gasteiger partial charge on any atom is 0.201 e. The Morgan fingerprint density at radius 1 is 1.40 bits per heavy atom. The van der Waals surface area contributed by atoms with Crippen molar-refractivity contribution in [3.63, 3.8) is 0 Å². The smallest absolute Gasteiger partial charge is 0.201 e. The van der Waals surface area contributed by atoms with Crippen molar-refractivity contribution in [2.24, 2.45) is 0 Å². The number of hydrogen-bond acceptors (Lipinski definition) is 3. The van der Waals surface area contributed by atoms with Crippen molar-refractivity contribution in [1.82, 2.24) is 15.3 Å². The molecule has 2 aromatic rings. The van der Waals surface area contributed by atoms with E-state index in [0.717, 1.165) is 23.5 Å². The molecular weight excluding hydrogens is 188 g/mol. The number of likely N-dealkylation sites (N-methyl/N-ethyl adjacent to an activating group) is 1. The number of para-hydroxylation sites is 2. The fourth-order valence-corrected chi connectivity index (χ4v) is 1.39. The molecule has 15 heavy (non-hydrogen) atoms. The molecule has 1 atom stereocenters. The Balaban J connectivity index is 2.09. The monoisotopic (exact) mass is 204 g/mol. The number of H-pyrrole nitrogens is 1. The number of hydrogen-bond donors (Lipinski definition) is 3. The normalized spacial score (nSPS) is 12.9. The summed E-state index contributed by atoms with van der Waals surface area (Å²) >= 11 is 0. The number of imidazole rings is 1. The molecule has 1 aromatic heterocycles. The first-order valence-corrected chi connectivity index (χ1v) is 5.15. The summed E-state index contributed by atoms with van der Waals surface area (Å²) in [4.78, 5) is 7.65. The van der Waals surface area contributed by atoms with Gasteiger partial charge in [-0.15, -0.1) is 0 Å². The molecule has 0 spiro atoms. The van der Waals surface area contributed by atoms with E-state index in [-0.39, 0.29) is 0 Å². The summed E-state index contributed by atoms with van der Waals surface area (Å²) in [7, 11) is 1.95. The van der Waals surface area contributed by atoms with Crippen molar-refractivity contribution in [2.45, 2.75) is 13.0 Å². The highest BCUT2D eigenvalue weighted by Gasteiger charge is 2.02. The van der Waals surface area contributed by atoms with Crippen molar-refractivity contribution >= 4 is 17.0 Å². The van der Waals surface area contributed by atoms with Gasteiger partial charge < -0.3 is 15.6 Å². The van der Waals surface area contributed by atoms with Crippen LogP contribution in [0.4, 0.5) is 5.95 Å². The second-order valence-electron chi connectivity index (χ2n) is 3.67. The van der Waals surface area contributed by atoms with E-state index in [0.29, 0.717) is 6.04 Å². The average molecular weight is 204 g/mol. The number of anilines is 1. The number of benzene rings is 1. The molecule has 0 saturated carbocycles. The van der Waals surface area contributed by atoms with Gasteiger partial charge in [0, 0.05) is 12.6 Å². The van der Waals surface area contributed by atoms with Gasteiger partial charge in [0.15, 0.2) is 0 Å². The van der Waals surface area contributed by atoms with E-state index in [2.05, 4.69) is 27.5 Å². The van der Waals surface area contributed by atoms with Crippen molar-refractivity contribution in [1.29, 1.82) is 0 Å². The van der Waals surface area contributed by atoms with Gasteiger partial charge in [0.1, 0.15) is 0 Å². The number of rotatable bonds is 4. The molecule has 0 saturated heterocycles. The molecule has 0 aliphatic heterocycles. The Morgan fingerprint density at radius 2 is 2.20 bits per heavy atom. The Kier molecular flexibility index (Phi) is 2.87. The van der Waals surface area contributed by atoms with Gasteiger partial charge in [-0.1, -0.05) is 12.1 Å². The van der Waals surface area contributed by atoms with E-state index in [4.69, 9.17) is 0 Å². The van der Waals surface area contributed by atoms with Crippen molar-refractivity contribution in [3.8, 4) is 0 Å². The van der Waals surface area contributed by atoms with Gasteiger partial charge in [0.05, 0.1) is 11.0 Å². The molecule has 0 bridgehead atoms. The van der Waals surface area contributed by atoms with Crippen molar-refractivity contribution in [3.05, 3.63) is 24.3 Å². The second-order valence-corrected chi connectivity index (χ2v) is 3.67. The summed E-state index contributed by atoms with van der Waals surface area (Å²) in [5, 5.41) is 6.42. The highest BCUT2D eigenvalue weighted by atomic mass is 15.1. The Hall–Kier alpha value is -1.55. The summed E-state index contributed by atoms with van der Waals surface area (Å²) in [6.45, 7) is 2.98. The van der Waals surface area contributed by atoms with Crippen molar-refractivity contribution < 1.29 is 0 Å². The molecule has 0 aliphatic carbocycles. The van der Waals surface area contributed by atoms with Crippen LogP contribution in [0.3, 0.4) is 0 Å². The van der Waals surface area contributed by atoms with Crippen LogP contribution in [-0.2, 0) is 0 Å². The average Bonchev–Trinajstić information content (AvgIpc) is 2.68. The van der Waals surface area contributed by atoms with E-state index in [9.17, 15) is 0 Å². The van der Waals surface area contributed by atoms with Crippen LogP contribution in [0.5, 0.6) is 0 Å². The molecule has 1 unspecified atom stereocenters. The zero-order valence-electron chi connectivity index (χ0n) is 9.04. The molecule has 0 radical (unpaired) electrons. The van der Waals surface area contributed by atoms with Gasteiger partial charge in [-0.2, -0.15) is 0 Å². The predicted molar refractivity (Wildman–Crippen MR) is 63.1 cm³/mol. The number of fused-ring (bicyclic) bond motifs is 1. The fraction of sp³-hybridized carbons (Fsp3) is 0.364. The number of nitrogens with zero attached hydrogens (tertiary/aromatic N) is 1. The number of nitrogens with one attached hydrogen (secondary N) is 3. The Bertz CT molecular complexity index is 402. The fourth-order valence-electron chi connectivity index (χ4n) is 1.39. The van der Waals surface area contributed by atoms with Crippen LogP contribution >= 0.6 is 0 Å². The molecule has 2 rings (SSSR count). The third-order valence-corrected chi connectivity index (χ3v) is 2.46. The summed E-state index contributed by atoms with van der Waals surface area (Å²) in [6, 6.07) is 8.44. The van der Waals surface area contributed by atoms with Crippen LogP contribution in [0, 0.1) is 0 Å². The van der Waals surface area contributed by atoms with Gasteiger partial charge in [0.2, 0.25) is 5.95 Å². The Labute approximate surface area is 89.1 Å². The maximum absolute atomic E-state index is 4.42. The van der Waals surface area contributed by atoms with Crippen LogP contribution in [0.2, 0.25) is 0 Å². The first-order chi connectivity index (χ1) is 7.29. The number of aromatic amines is 1.